The first-order valence-electron chi connectivity index (χ1n) is 4.54. The van der Waals surface area contributed by atoms with Gasteiger partial charge >= 0.3 is 0 Å². The van der Waals surface area contributed by atoms with Gasteiger partial charge in [0, 0.05) is 10.4 Å². The zero-order valence-corrected chi connectivity index (χ0v) is 9.62. The first kappa shape index (κ1) is 11.5. The average Bonchev–Trinajstić information content (AvgIpc) is 2.01. The molecule has 1 rings (SSSR count). The first-order chi connectivity index (χ1) is 6.42. The summed E-state index contributed by atoms with van der Waals surface area (Å²) in [7, 11) is 0. The SMILES string of the molecule is CSc1ccc(CC(C)(C)N)cc1F. The number of hydrogen-bond donors (Lipinski definition) is 1. The summed E-state index contributed by atoms with van der Waals surface area (Å²) in [6, 6.07) is 5.31. The summed E-state index contributed by atoms with van der Waals surface area (Å²) in [4.78, 5) is 0.684. The molecule has 0 aromatic heterocycles. The minimum atomic E-state index is -0.284. The lowest BCUT2D eigenvalue weighted by molar-refractivity contribution is 0.513. The molecule has 0 saturated heterocycles. The van der Waals surface area contributed by atoms with Gasteiger partial charge in [-0.15, -0.1) is 11.8 Å². The Labute approximate surface area is 88.9 Å². The maximum absolute atomic E-state index is 13.4. The molecule has 14 heavy (non-hydrogen) atoms. The van der Waals surface area contributed by atoms with E-state index in [1.807, 2.05) is 26.2 Å². The Morgan fingerprint density at radius 3 is 2.50 bits per heavy atom. The summed E-state index contributed by atoms with van der Waals surface area (Å²) in [5.41, 5.74) is 6.53. The van der Waals surface area contributed by atoms with Crippen LogP contribution in [0.4, 0.5) is 4.39 Å². The van der Waals surface area contributed by atoms with E-state index < -0.39 is 0 Å². The molecule has 0 saturated carbocycles. The Morgan fingerprint density at radius 2 is 2.07 bits per heavy atom. The summed E-state index contributed by atoms with van der Waals surface area (Å²) >= 11 is 1.42. The van der Waals surface area contributed by atoms with Gasteiger partial charge in [-0.3, -0.25) is 0 Å². The highest BCUT2D eigenvalue weighted by atomic mass is 32.2. The second-order valence-electron chi connectivity index (χ2n) is 4.13. The van der Waals surface area contributed by atoms with Crippen molar-refractivity contribution in [1.29, 1.82) is 0 Å². The molecular formula is C11H16FNS. The van der Waals surface area contributed by atoms with E-state index >= 15 is 0 Å². The fraction of sp³-hybridized carbons (Fsp3) is 0.455. The van der Waals surface area contributed by atoms with E-state index in [1.165, 1.54) is 11.8 Å². The molecule has 3 heteroatoms. The van der Waals surface area contributed by atoms with E-state index in [4.69, 9.17) is 5.73 Å². The van der Waals surface area contributed by atoms with Crippen LogP contribution in [0.25, 0.3) is 0 Å². The van der Waals surface area contributed by atoms with Crippen LogP contribution in [-0.4, -0.2) is 11.8 Å². The lowest BCUT2D eigenvalue weighted by Gasteiger charge is -2.18. The smallest absolute Gasteiger partial charge is 0.137 e. The lowest BCUT2D eigenvalue weighted by Crippen LogP contribution is -2.34. The van der Waals surface area contributed by atoms with Crippen LogP contribution in [0, 0.1) is 5.82 Å². The van der Waals surface area contributed by atoms with Crippen LogP contribution in [0.1, 0.15) is 19.4 Å². The fourth-order valence-electron chi connectivity index (χ4n) is 1.35. The molecule has 0 atom stereocenters. The monoisotopic (exact) mass is 213 g/mol. The molecule has 78 valence electrons. The van der Waals surface area contributed by atoms with E-state index in [2.05, 4.69) is 0 Å². The first-order valence-corrected chi connectivity index (χ1v) is 5.76. The van der Waals surface area contributed by atoms with Crippen molar-refractivity contribution < 1.29 is 4.39 Å². The number of halogens is 1. The van der Waals surface area contributed by atoms with Gasteiger partial charge in [-0.25, -0.2) is 4.39 Å². The highest BCUT2D eigenvalue weighted by Gasteiger charge is 2.12. The Balaban J connectivity index is 2.87. The highest BCUT2D eigenvalue weighted by molar-refractivity contribution is 7.98. The molecule has 0 aliphatic heterocycles. The molecule has 0 bridgehead atoms. The van der Waals surface area contributed by atoms with Crippen molar-refractivity contribution in [2.75, 3.05) is 6.26 Å². The summed E-state index contributed by atoms with van der Waals surface area (Å²) in [6.45, 7) is 3.88. The van der Waals surface area contributed by atoms with Gasteiger partial charge in [-0.1, -0.05) is 6.07 Å². The molecule has 1 aromatic rings. The number of hydrogen-bond acceptors (Lipinski definition) is 2. The normalized spacial score (nSPS) is 11.8. The van der Waals surface area contributed by atoms with Crippen LogP contribution in [0.3, 0.4) is 0 Å². The largest absolute Gasteiger partial charge is 0.325 e. The van der Waals surface area contributed by atoms with Crippen LogP contribution < -0.4 is 5.73 Å². The van der Waals surface area contributed by atoms with E-state index in [0.717, 1.165) is 5.56 Å². The lowest BCUT2D eigenvalue weighted by atomic mass is 9.96. The van der Waals surface area contributed by atoms with Crippen molar-refractivity contribution in [3.05, 3.63) is 29.6 Å². The molecule has 0 spiro atoms. The molecule has 0 unspecified atom stereocenters. The Hall–Kier alpha value is -0.540. The second-order valence-corrected chi connectivity index (χ2v) is 4.98. The molecule has 0 heterocycles. The zero-order chi connectivity index (χ0) is 10.8. The molecular weight excluding hydrogens is 197 g/mol. The van der Waals surface area contributed by atoms with Crippen molar-refractivity contribution in [3.63, 3.8) is 0 Å². The predicted molar refractivity (Wildman–Crippen MR) is 60.2 cm³/mol. The van der Waals surface area contributed by atoms with E-state index in [1.54, 1.807) is 12.1 Å². The number of thioether (sulfide) groups is 1. The number of rotatable bonds is 3. The van der Waals surface area contributed by atoms with Crippen molar-refractivity contribution in [2.24, 2.45) is 5.73 Å². The van der Waals surface area contributed by atoms with Crippen LogP contribution in [0.15, 0.2) is 23.1 Å². The molecule has 0 fully saturated rings. The molecule has 0 amide bonds. The maximum Gasteiger partial charge on any atom is 0.137 e. The maximum atomic E-state index is 13.4. The van der Waals surface area contributed by atoms with E-state index in [0.29, 0.717) is 11.3 Å². The van der Waals surface area contributed by atoms with Crippen LogP contribution in [-0.2, 0) is 6.42 Å². The van der Waals surface area contributed by atoms with Crippen molar-refractivity contribution >= 4 is 11.8 Å². The van der Waals surface area contributed by atoms with Crippen LogP contribution in [0.5, 0.6) is 0 Å². The summed E-state index contributed by atoms with van der Waals surface area (Å²) < 4.78 is 13.4. The minimum Gasteiger partial charge on any atom is -0.325 e. The molecule has 0 aliphatic carbocycles. The predicted octanol–water partition coefficient (Wildman–Crippen LogP) is 2.83. The van der Waals surface area contributed by atoms with E-state index in [-0.39, 0.29) is 11.4 Å². The Bertz CT molecular complexity index is 318. The third-order valence-electron chi connectivity index (χ3n) is 1.88. The van der Waals surface area contributed by atoms with Gasteiger partial charge in [0.1, 0.15) is 5.82 Å². The second kappa shape index (κ2) is 4.32. The Morgan fingerprint density at radius 1 is 1.43 bits per heavy atom. The van der Waals surface area contributed by atoms with E-state index in [9.17, 15) is 4.39 Å². The summed E-state index contributed by atoms with van der Waals surface area (Å²) in [5, 5.41) is 0. The number of benzene rings is 1. The van der Waals surface area contributed by atoms with Gasteiger partial charge in [0.2, 0.25) is 0 Å². The van der Waals surface area contributed by atoms with Gasteiger partial charge in [0.05, 0.1) is 0 Å². The topological polar surface area (TPSA) is 26.0 Å². The average molecular weight is 213 g/mol. The summed E-state index contributed by atoms with van der Waals surface area (Å²) in [6.07, 6.45) is 2.56. The van der Waals surface area contributed by atoms with Crippen molar-refractivity contribution in [1.82, 2.24) is 0 Å². The van der Waals surface area contributed by atoms with Gasteiger partial charge in [-0.2, -0.15) is 0 Å². The molecule has 1 nitrogen and oxygen atoms in total. The van der Waals surface area contributed by atoms with Gasteiger partial charge in [0.15, 0.2) is 0 Å². The van der Waals surface area contributed by atoms with Gasteiger partial charge < -0.3 is 5.73 Å². The third kappa shape index (κ3) is 3.31. The third-order valence-corrected chi connectivity index (χ3v) is 2.65. The zero-order valence-electron chi connectivity index (χ0n) is 8.80. The minimum absolute atomic E-state index is 0.153. The van der Waals surface area contributed by atoms with Crippen molar-refractivity contribution in [3.8, 4) is 0 Å². The van der Waals surface area contributed by atoms with Gasteiger partial charge in [-0.05, 0) is 44.2 Å². The quantitative estimate of drug-likeness (QED) is 0.781. The van der Waals surface area contributed by atoms with Crippen molar-refractivity contribution in [2.45, 2.75) is 30.7 Å². The standard InChI is InChI=1S/C11H16FNS/c1-11(2,13)7-8-4-5-10(14-3)9(12)6-8/h4-6H,7,13H2,1-3H3. The highest BCUT2D eigenvalue weighted by Crippen LogP contribution is 2.21. The van der Waals surface area contributed by atoms with Crippen LogP contribution in [0.2, 0.25) is 0 Å². The Kier molecular flexibility index (Phi) is 3.56. The molecule has 0 radical (unpaired) electrons. The number of nitrogens with two attached hydrogens (primary N) is 1. The summed E-state index contributed by atoms with van der Waals surface area (Å²) in [5.74, 6) is -0.153. The van der Waals surface area contributed by atoms with Crippen LogP contribution >= 0.6 is 11.8 Å². The fourth-order valence-corrected chi connectivity index (χ4v) is 1.80. The molecule has 1 aromatic carbocycles. The molecule has 2 N–H and O–H groups in total. The van der Waals surface area contributed by atoms with Gasteiger partial charge in [0.25, 0.3) is 0 Å². The molecule has 0 aliphatic rings.